The third kappa shape index (κ3) is 2.41. The summed E-state index contributed by atoms with van der Waals surface area (Å²) < 4.78 is 4.15. The highest BCUT2D eigenvalue weighted by Crippen LogP contribution is 2.31. The minimum absolute atomic E-state index is 0.447. The van der Waals surface area contributed by atoms with Gasteiger partial charge in [0, 0.05) is 26.2 Å². The van der Waals surface area contributed by atoms with E-state index in [4.69, 9.17) is 5.73 Å². The molecule has 0 saturated carbocycles. The number of imidazole rings is 1. The molecule has 0 spiro atoms. The van der Waals surface area contributed by atoms with Crippen LogP contribution in [0.2, 0.25) is 0 Å². The van der Waals surface area contributed by atoms with E-state index in [-0.39, 0.29) is 0 Å². The first-order valence-electron chi connectivity index (χ1n) is 8.07. The lowest BCUT2D eigenvalue weighted by molar-refractivity contribution is 0.189. The molecule has 0 bridgehead atoms. The molecule has 3 rings (SSSR count). The van der Waals surface area contributed by atoms with E-state index in [0.717, 1.165) is 49.2 Å². The second-order valence-electron chi connectivity index (χ2n) is 6.01. The molecule has 21 heavy (non-hydrogen) atoms. The molecule has 1 saturated heterocycles. The van der Waals surface area contributed by atoms with E-state index in [2.05, 4.69) is 33.4 Å². The molecule has 0 atom stereocenters. The van der Waals surface area contributed by atoms with Crippen molar-refractivity contribution >= 4 is 17.1 Å². The number of hydrogen-bond donors (Lipinski definition) is 1. The Morgan fingerprint density at radius 1 is 1.24 bits per heavy atom. The highest BCUT2D eigenvalue weighted by Gasteiger charge is 2.26. The summed E-state index contributed by atoms with van der Waals surface area (Å²) in [5, 5.41) is 4.58. The van der Waals surface area contributed by atoms with E-state index in [1.54, 1.807) is 0 Å². The van der Waals surface area contributed by atoms with Crippen molar-refractivity contribution in [3.8, 4) is 0 Å². The normalized spacial score (nSPS) is 17.9. The van der Waals surface area contributed by atoms with Gasteiger partial charge < -0.3 is 10.6 Å². The van der Waals surface area contributed by atoms with Gasteiger partial charge in [0.05, 0.1) is 5.69 Å². The second-order valence-corrected chi connectivity index (χ2v) is 6.01. The molecule has 0 radical (unpaired) electrons. The maximum Gasteiger partial charge on any atom is 0.202 e. The molecule has 0 aromatic carbocycles. The number of nitrogens with zero attached hydrogens (tertiary/aromatic N) is 5. The minimum atomic E-state index is 0.447. The van der Waals surface area contributed by atoms with Gasteiger partial charge >= 0.3 is 0 Å². The van der Waals surface area contributed by atoms with Gasteiger partial charge in [0.1, 0.15) is 5.52 Å². The van der Waals surface area contributed by atoms with Gasteiger partial charge in [-0.25, -0.2) is 4.98 Å². The molecular formula is C15H26N6. The predicted molar refractivity (Wildman–Crippen MR) is 85.3 cm³/mol. The van der Waals surface area contributed by atoms with Crippen LogP contribution in [0.3, 0.4) is 0 Å². The fraction of sp³-hybridized carbons (Fsp3) is 0.733. The Morgan fingerprint density at radius 3 is 2.57 bits per heavy atom. The summed E-state index contributed by atoms with van der Waals surface area (Å²) in [6.45, 7) is 7.85. The number of nitrogens with two attached hydrogens (primary N) is 1. The van der Waals surface area contributed by atoms with Crippen LogP contribution in [-0.2, 0) is 13.5 Å². The zero-order valence-corrected chi connectivity index (χ0v) is 13.3. The molecule has 2 aromatic rings. The van der Waals surface area contributed by atoms with Crippen LogP contribution in [0, 0.1) is 0 Å². The average Bonchev–Trinajstić information content (AvgIpc) is 2.97. The largest absolute Gasteiger partial charge is 0.369 e. The van der Waals surface area contributed by atoms with E-state index in [0.29, 0.717) is 12.0 Å². The third-order valence-electron chi connectivity index (χ3n) is 4.56. The first-order chi connectivity index (χ1) is 10.2. The molecule has 116 valence electrons. The van der Waals surface area contributed by atoms with Crippen LogP contribution in [-0.4, -0.2) is 43.9 Å². The molecule has 1 aliphatic heterocycles. The predicted octanol–water partition coefficient (Wildman–Crippen LogP) is 1.96. The number of piperidine rings is 1. The van der Waals surface area contributed by atoms with Crippen molar-refractivity contribution < 1.29 is 0 Å². The average molecular weight is 290 g/mol. The summed E-state index contributed by atoms with van der Waals surface area (Å²) >= 11 is 0. The van der Waals surface area contributed by atoms with Gasteiger partial charge in [0.25, 0.3) is 0 Å². The number of nitrogen functional groups attached to an aromatic ring is 1. The SMILES string of the molecule is CCCN1CCC(n2c(N)nc3c(CC)nn(C)c32)CC1. The van der Waals surface area contributed by atoms with Crippen LogP contribution < -0.4 is 5.73 Å². The van der Waals surface area contributed by atoms with Crippen LogP contribution in [0.4, 0.5) is 5.95 Å². The summed E-state index contributed by atoms with van der Waals surface area (Å²) in [4.78, 5) is 7.12. The monoisotopic (exact) mass is 290 g/mol. The lowest BCUT2D eigenvalue weighted by Crippen LogP contribution is -2.35. The van der Waals surface area contributed by atoms with Crippen LogP contribution in [0.5, 0.6) is 0 Å². The summed E-state index contributed by atoms with van der Waals surface area (Å²) in [6.07, 6.45) is 4.40. The zero-order chi connectivity index (χ0) is 15.0. The van der Waals surface area contributed by atoms with E-state index in [1.165, 1.54) is 13.0 Å². The van der Waals surface area contributed by atoms with Crippen molar-refractivity contribution in [3.05, 3.63) is 5.69 Å². The highest BCUT2D eigenvalue weighted by molar-refractivity contribution is 5.78. The third-order valence-corrected chi connectivity index (χ3v) is 4.56. The number of hydrogen-bond acceptors (Lipinski definition) is 4. The Labute approximate surface area is 125 Å². The van der Waals surface area contributed by atoms with Crippen molar-refractivity contribution in [2.45, 2.75) is 45.6 Å². The first kappa shape index (κ1) is 14.4. The van der Waals surface area contributed by atoms with Crippen molar-refractivity contribution in [1.82, 2.24) is 24.2 Å². The van der Waals surface area contributed by atoms with Crippen molar-refractivity contribution in [1.29, 1.82) is 0 Å². The molecule has 0 aliphatic carbocycles. The van der Waals surface area contributed by atoms with Crippen LogP contribution in [0.15, 0.2) is 0 Å². The molecular weight excluding hydrogens is 264 g/mol. The summed E-state index contributed by atoms with van der Waals surface area (Å²) in [6, 6.07) is 0.447. The van der Waals surface area contributed by atoms with Crippen molar-refractivity contribution in [2.75, 3.05) is 25.4 Å². The van der Waals surface area contributed by atoms with Crippen LogP contribution in [0.25, 0.3) is 11.2 Å². The Balaban J connectivity index is 1.91. The Morgan fingerprint density at radius 2 is 1.95 bits per heavy atom. The van der Waals surface area contributed by atoms with Crippen LogP contribution in [0.1, 0.15) is 44.8 Å². The number of fused-ring (bicyclic) bond motifs is 1. The fourth-order valence-electron chi connectivity index (χ4n) is 3.54. The van der Waals surface area contributed by atoms with Gasteiger partial charge in [0.15, 0.2) is 5.65 Å². The van der Waals surface area contributed by atoms with Gasteiger partial charge in [-0.3, -0.25) is 9.25 Å². The van der Waals surface area contributed by atoms with Gasteiger partial charge in [0.2, 0.25) is 5.95 Å². The zero-order valence-electron chi connectivity index (χ0n) is 13.3. The van der Waals surface area contributed by atoms with Crippen molar-refractivity contribution in [3.63, 3.8) is 0 Å². The van der Waals surface area contributed by atoms with Gasteiger partial charge in [-0.2, -0.15) is 5.10 Å². The molecule has 3 heterocycles. The topological polar surface area (TPSA) is 64.9 Å². The maximum atomic E-state index is 6.21. The van der Waals surface area contributed by atoms with E-state index in [1.807, 2.05) is 11.7 Å². The van der Waals surface area contributed by atoms with Gasteiger partial charge in [-0.05, 0) is 32.2 Å². The summed E-state index contributed by atoms with van der Waals surface area (Å²) in [7, 11) is 1.99. The van der Waals surface area contributed by atoms with E-state index >= 15 is 0 Å². The second kappa shape index (κ2) is 5.67. The Kier molecular flexibility index (Phi) is 3.89. The molecule has 0 unspecified atom stereocenters. The molecule has 1 fully saturated rings. The number of aromatic nitrogens is 4. The summed E-state index contributed by atoms with van der Waals surface area (Å²) in [5.74, 6) is 0.640. The molecule has 6 nitrogen and oxygen atoms in total. The number of anilines is 1. The van der Waals surface area contributed by atoms with E-state index in [9.17, 15) is 0 Å². The van der Waals surface area contributed by atoms with Gasteiger partial charge in [-0.15, -0.1) is 0 Å². The highest BCUT2D eigenvalue weighted by atomic mass is 15.4. The standard InChI is InChI=1S/C15H26N6/c1-4-8-20-9-6-11(7-10-20)21-14-13(17-15(21)16)12(5-2)18-19(14)3/h11H,4-10H2,1-3H3,(H2,16,17). The number of rotatable bonds is 4. The van der Waals surface area contributed by atoms with Crippen molar-refractivity contribution in [2.24, 2.45) is 7.05 Å². The molecule has 0 amide bonds. The summed E-state index contributed by atoms with van der Waals surface area (Å²) in [5.41, 5.74) is 9.32. The maximum absolute atomic E-state index is 6.21. The number of aryl methyl sites for hydroxylation is 2. The number of likely N-dealkylation sites (tertiary alicyclic amines) is 1. The fourth-order valence-corrected chi connectivity index (χ4v) is 3.54. The smallest absolute Gasteiger partial charge is 0.202 e. The first-order valence-corrected chi connectivity index (χ1v) is 8.07. The molecule has 2 N–H and O–H groups in total. The molecule has 1 aliphatic rings. The molecule has 2 aromatic heterocycles. The lowest BCUT2D eigenvalue weighted by Gasteiger charge is -2.32. The van der Waals surface area contributed by atoms with Gasteiger partial charge in [-0.1, -0.05) is 13.8 Å². The minimum Gasteiger partial charge on any atom is -0.369 e. The van der Waals surface area contributed by atoms with Crippen LogP contribution >= 0.6 is 0 Å². The lowest BCUT2D eigenvalue weighted by atomic mass is 10.0. The van der Waals surface area contributed by atoms with E-state index < -0.39 is 0 Å². The quantitative estimate of drug-likeness (QED) is 0.935. The Hall–Kier alpha value is -1.56. The molecule has 6 heteroatoms. The Bertz CT molecular complexity index is 618.